The van der Waals surface area contributed by atoms with Crippen LogP contribution in [0.3, 0.4) is 0 Å². The number of benzene rings is 2. The SMILES string of the molecule is Cc1cccc(C(=O)NCc2cccc(F)c2)c1N. The van der Waals surface area contributed by atoms with Crippen LogP contribution in [0.5, 0.6) is 0 Å². The Morgan fingerprint density at radius 2 is 2.00 bits per heavy atom. The van der Waals surface area contributed by atoms with Crippen LogP contribution >= 0.6 is 0 Å². The van der Waals surface area contributed by atoms with Crippen molar-refractivity contribution in [2.45, 2.75) is 13.5 Å². The Hall–Kier alpha value is -2.36. The molecule has 0 atom stereocenters. The van der Waals surface area contributed by atoms with E-state index in [1.165, 1.54) is 12.1 Å². The Morgan fingerprint density at radius 3 is 2.74 bits per heavy atom. The number of para-hydroxylation sites is 1. The number of nitrogen functional groups attached to an aromatic ring is 1. The van der Waals surface area contributed by atoms with E-state index in [2.05, 4.69) is 5.32 Å². The Labute approximate surface area is 111 Å². The number of amides is 1. The van der Waals surface area contributed by atoms with Crippen molar-refractivity contribution in [2.24, 2.45) is 0 Å². The summed E-state index contributed by atoms with van der Waals surface area (Å²) in [5.74, 6) is -0.577. The molecule has 3 nitrogen and oxygen atoms in total. The van der Waals surface area contributed by atoms with Gasteiger partial charge in [-0.3, -0.25) is 4.79 Å². The second-order valence-corrected chi connectivity index (χ2v) is 4.35. The molecule has 3 N–H and O–H groups in total. The van der Waals surface area contributed by atoms with Gasteiger partial charge in [-0.05, 0) is 36.2 Å². The summed E-state index contributed by atoms with van der Waals surface area (Å²) in [7, 11) is 0. The highest BCUT2D eigenvalue weighted by molar-refractivity contribution is 5.99. The van der Waals surface area contributed by atoms with Crippen molar-refractivity contribution in [3.05, 3.63) is 65.0 Å². The Bertz CT molecular complexity index is 611. The third-order valence-corrected chi connectivity index (χ3v) is 2.91. The van der Waals surface area contributed by atoms with Gasteiger partial charge in [-0.2, -0.15) is 0 Å². The first kappa shape index (κ1) is 13.1. The highest BCUT2D eigenvalue weighted by atomic mass is 19.1. The maximum absolute atomic E-state index is 13.0. The normalized spacial score (nSPS) is 10.2. The van der Waals surface area contributed by atoms with Crippen molar-refractivity contribution >= 4 is 11.6 Å². The van der Waals surface area contributed by atoms with Crippen molar-refractivity contribution in [2.75, 3.05) is 5.73 Å². The van der Waals surface area contributed by atoms with E-state index >= 15 is 0 Å². The molecule has 4 heteroatoms. The monoisotopic (exact) mass is 258 g/mol. The van der Waals surface area contributed by atoms with Gasteiger partial charge in [-0.15, -0.1) is 0 Å². The van der Waals surface area contributed by atoms with Gasteiger partial charge in [0.05, 0.1) is 5.56 Å². The van der Waals surface area contributed by atoms with Crippen LogP contribution in [0.1, 0.15) is 21.5 Å². The van der Waals surface area contributed by atoms with E-state index in [1.807, 2.05) is 13.0 Å². The average molecular weight is 258 g/mol. The van der Waals surface area contributed by atoms with E-state index in [4.69, 9.17) is 5.73 Å². The summed E-state index contributed by atoms with van der Waals surface area (Å²) >= 11 is 0. The number of nitrogens with one attached hydrogen (secondary N) is 1. The number of halogens is 1. The molecule has 1 amide bonds. The number of carbonyl (C=O) groups is 1. The van der Waals surface area contributed by atoms with Crippen LogP contribution < -0.4 is 11.1 Å². The van der Waals surface area contributed by atoms with Gasteiger partial charge in [0, 0.05) is 12.2 Å². The molecule has 2 aromatic rings. The van der Waals surface area contributed by atoms with Crippen molar-refractivity contribution in [1.82, 2.24) is 5.32 Å². The van der Waals surface area contributed by atoms with E-state index in [9.17, 15) is 9.18 Å². The van der Waals surface area contributed by atoms with Gasteiger partial charge in [0.25, 0.3) is 5.91 Å². The molecule has 0 aliphatic heterocycles. The summed E-state index contributed by atoms with van der Waals surface area (Å²) in [4.78, 5) is 12.0. The molecule has 0 radical (unpaired) electrons. The zero-order valence-corrected chi connectivity index (χ0v) is 10.6. The standard InChI is InChI=1S/C15H15FN2O/c1-10-4-2-7-13(14(10)17)15(19)18-9-11-5-3-6-12(16)8-11/h2-8H,9,17H2,1H3,(H,18,19). The molecular weight excluding hydrogens is 243 g/mol. The summed E-state index contributed by atoms with van der Waals surface area (Å²) in [6.45, 7) is 2.11. The first-order chi connectivity index (χ1) is 9.08. The minimum absolute atomic E-state index is 0.259. The minimum atomic E-state index is -0.318. The maximum Gasteiger partial charge on any atom is 0.253 e. The first-order valence-corrected chi connectivity index (χ1v) is 5.95. The lowest BCUT2D eigenvalue weighted by Gasteiger charge is -2.09. The minimum Gasteiger partial charge on any atom is -0.398 e. The van der Waals surface area contributed by atoms with Gasteiger partial charge < -0.3 is 11.1 Å². The van der Waals surface area contributed by atoms with Gasteiger partial charge in [-0.25, -0.2) is 4.39 Å². The maximum atomic E-state index is 13.0. The van der Waals surface area contributed by atoms with Gasteiger partial charge in [0.1, 0.15) is 5.82 Å². The van der Waals surface area contributed by atoms with E-state index in [0.29, 0.717) is 16.8 Å². The molecule has 0 aliphatic carbocycles. The summed E-state index contributed by atoms with van der Waals surface area (Å²) < 4.78 is 13.0. The second-order valence-electron chi connectivity index (χ2n) is 4.35. The molecule has 2 aromatic carbocycles. The van der Waals surface area contributed by atoms with Crippen LogP contribution in [-0.4, -0.2) is 5.91 Å². The molecule has 98 valence electrons. The van der Waals surface area contributed by atoms with Crippen molar-refractivity contribution in [1.29, 1.82) is 0 Å². The topological polar surface area (TPSA) is 55.1 Å². The summed E-state index contributed by atoms with van der Waals surface area (Å²) in [5.41, 5.74) is 8.34. The lowest BCUT2D eigenvalue weighted by molar-refractivity contribution is 0.0951. The Kier molecular flexibility index (Phi) is 3.80. The van der Waals surface area contributed by atoms with E-state index in [-0.39, 0.29) is 18.3 Å². The fourth-order valence-electron chi connectivity index (χ4n) is 1.80. The number of anilines is 1. The quantitative estimate of drug-likeness (QED) is 0.831. The lowest BCUT2D eigenvalue weighted by atomic mass is 10.1. The lowest BCUT2D eigenvalue weighted by Crippen LogP contribution is -2.24. The van der Waals surface area contributed by atoms with Crippen LogP contribution in [0.25, 0.3) is 0 Å². The molecule has 0 fully saturated rings. The fourth-order valence-corrected chi connectivity index (χ4v) is 1.80. The second kappa shape index (κ2) is 5.52. The zero-order valence-electron chi connectivity index (χ0n) is 10.6. The van der Waals surface area contributed by atoms with E-state index in [1.54, 1.807) is 24.3 Å². The molecule has 0 unspecified atom stereocenters. The summed E-state index contributed by atoms with van der Waals surface area (Å²) in [5, 5.41) is 2.72. The average Bonchev–Trinajstić information content (AvgIpc) is 2.39. The third-order valence-electron chi connectivity index (χ3n) is 2.91. The Balaban J connectivity index is 2.08. The molecule has 2 rings (SSSR count). The number of rotatable bonds is 3. The third kappa shape index (κ3) is 3.10. The van der Waals surface area contributed by atoms with Crippen LogP contribution in [0.2, 0.25) is 0 Å². The summed E-state index contributed by atoms with van der Waals surface area (Å²) in [6, 6.07) is 11.4. The van der Waals surface area contributed by atoms with Gasteiger partial charge in [-0.1, -0.05) is 24.3 Å². The molecule has 0 spiro atoms. The molecule has 0 saturated heterocycles. The molecule has 0 aliphatic rings. The number of hydrogen-bond donors (Lipinski definition) is 2. The van der Waals surface area contributed by atoms with E-state index in [0.717, 1.165) is 5.56 Å². The molecule has 0 saturated carbocycles. The molecule has 0 aromatic heterocycles. The zero-order chi connectivity index (χ0) is 13.8. The van der Waals surface area contributed by atoms with E-state index < -0.39 is 0 Å². The van der Waals surface area contributed by atoms with Crippen molar-refractivity contribution in [3.63, 3.8) is 0 Å². The molecule has 0 bridgehead atoms. The van der Waals surface area contributed by atoms with Crippen LogP contribution in [0.15, 0.2) is 42.5 Å². The fraction of sp³-hybridized carbons (Fsp3) is 0.133. The van der Waals surface area contributed by atoms with Crippen LogP contribution in [-0.2, 0) is 6.54 Å². The predicted molar refractivity (Wildman–Crippen MR) is 73.2 cm³/mol. The van der Waals surface area contributed by atoms with Gasteiger partial charge in [0.15, 0.2) is 0 Å². The smallest absolute Gasteiger partial charge is 0.253 e. The highest BCUT2D eigenvalue weighted by Gasteiger charge is 2.10. The molecule has 19 heavy (non-hydrogen) atoms. The van der Waals surface area contributed by atoms with Crippen LogP contribution in [0, 0.1) is 12.7 Å². The first-order valence-electron chi connectivity index (χ1n) is 5.95. The summed E-state index contributed by atoms with van der Waals surface area (Å²) in [6.07, 6.45) is 0. The van der Waals surface area contributed by atoms with Crippen molar-refractivity contribution < 1.29 is 9.18 Å². The Morgan fingerprint density at radius 1 is 1.26 bits per heavy atom. The number of hydrogen-bond acceptors (Lipinski definition) is 2. The number of aryl methyl sites for hydroxylation is 1. The number of carbonyl (C=O) groups excluding carboxylic acids is 1. The van der Waals surface area contributed by atoms with Crippen molar-refractivity contribution in [3.8, 4) is 0 Å². The van der Waals surface area contributed by atoms with Gasteiger partial charge in [0.2, 0.25) is 0 Å². The largest absolute Gasteiger partial charge is 0.398 e. The molecular formula is C15H15FN2O. The van der Waals surface area contributed by atoms with Crippen LogP contribution in [0.4, 0.5) is 10.1 Å². The predicted octanol–water partition coefficient (Wildman–Crippen LogP) is 2.65. The molecule has 0 heterocycles. The highest BCUT2D eigenvalue weighted by Crippen LogP contribution is 2.16. The number of nitrogens with two attached hydrogens (primary N) is 1. The van der Waals surface area contributed by atoms with Gasteiger partial charge >= 0.3 is 0 Å².